The Balaban J connectivity index is 1.65. The summed E-state index contributed by atoms with van der Waals surface area (Å²) in [5.74, 6) is -1.40. The van der Waals surface area contributed by atoms with Crippen molar-refractivity contribution in [2.45, 2.75) is 17.2 Å². The summed E-state index contributed by atoms with van der Waals surface area (Å²) in [6.45, 7) is 0.243. The van der Waals surface area contributed by atoms with E-state index < -0.39 is 21.5 Å². The van der Waals surface area contributed by atoms with Crippen LogP contribution in [-0.4, -0.2) is 29.4 Å². The molecule has 3 aromatic rings. The highest BCUT2D eigenvalue weighted by molar-refractivity contribution is 7.90. The molecular formula is C16H14N4O4S. The van der Waals surface area contributed by atoms with Gasteiger partial charge in [0.15, 0.2) is 15.7 Å². The van der Waals surface area contributed by atoms with Crippen LogP contribution in [0.5, 0.6) is 0 Å². The first-order valence-electron chi connectivity index (χ1n) is 7.32. The van der Waals surface area contributed by atoms with Crippen molar-refractivity contribution >= 4 is 15.7 Å². The van der Waals surface area contributed by atoms with Gasteiger partial charge in [-0.05, 0) is 23.8 Å². The minimum Gasteiger partial charge on any atom is -0.344 e. The number of benzene rings is 1. The van der Waals surface area contributed by atoms with Gasteiger partial charge in [0, 0.05) is 18.9 Å². The van der Waals surface area contributed by atoms with Crippen LogP contribution in [0.25, 0.3) is 0 Å². The zero-order valence-corrected chi connectivity index (χ0v) is 13.8. The first kappa shape index (κ1) is 16.8. The Morgan fingerprint density at radius 2 is 1.92 bits per heavy atom. The molecule has 2 aromatic heterocycles. The molecular weight excluding hydrogens is 344 g/mol. The molecule has 0 atom stereocenters. The maximum Gasteiger partial charge on any atom is 0.315 e. The molecule has 2 heterocycles. The summed E-state index contributed by atoms with van der Waals surface area (Å²) in [7, 11) is -3.61. The minimum atomic E-state index is -3.61. The zero-order valence-electron chi connectivity index (χ0n) is 13.0. The second-order valence-electron chi connectivity index (χ2n) is 5.13. The van der Waals surface area contributed by atoms with E-state index in [1.807, 2.05) is 0 Å². The summed E-state index contributed by atoms with van der Waals surface area (Å²) in [5.41, 5.74) is 0.808. The number of nitrogens with zero attached hydrogens (tertiary/aromatic N) is 3. The van der Waals surface area contributed by atoms with Gasteiger partial charge in [-0.25, -0.2) is 8.42 Å². The van der Waals surface area contributed by atoms with Gasteiger partial charge in [0.2, 0.25) is 0 Å². The van der Waals surface area contributed by atoms with Crippen LogP contribution < -0.4 is 5.32 Å². The van der Waals surface area contributed by atoms with Crippen molar-refractivity contribution < 1.29 is 17.7 Å². The number of hydrogen-bond donors (Lipinski definition) is 1. The van der Waals surface area contributed by atoms with Gasteiger partial charge in [-0.2, -0.15) is 4.98 Å². The number of sulfone groups is 1. The van der Waals surface area contributed by atoms with Crippen molar-refractivity contribution in [2.24, 2.45) is 0 Å². The highest BCUT2D eigenvalue weighted by atomic mass is 32.2. The van der Waals surface area contributed by atoms with E-state index >= 15 is 0 Å². The predicted molar refractivity (Wildman–Crippen MR) is 87.0 cm³/mol. The Morgan fingerprint density at radius 3 is 2.64 bits per heavy atom. The summed E-state index contributed by atoms with van der Waals surface area (Å²) in [4.78, 5) is 19.9. The van der Waals surface area contributed by atoms with E-state index in [1.54, 1.807) is 42.7 Å². The number of rotatable bonds is 6. The third-order valence-corrected chi connectivity index (χ3v) is 4.89. The molecule has 0 saturated heterocycles. The molecule has 0 aliphatic rings. The highest BCUT2D eigenvalue weighted by Gasteiger charge is 2.21. The standard InChI is InChI=1S/C16H14N4O4S/c21-15(18-10-12-5-4-8-17-9-12)16-19-14(20-24-16)11-25(22,23)13-6-2-1-3-7-13/h1-9H,10-11H2,(H,18,21). The summed E-state index contributed by atoms with van der Waals surface area (Å²) in [6.07, 6.45) is 3.24. The monoisotopic (exact) mass is 358 g/mol. The van der Waals surface area contributed by atoms with Gasteiger partial charge in [-0.15, -0.1) is 0 Å². The Bertz CT molecular complexity index is 956. The maximum atomic E-state index is 12.3. The summed E-state index contributed by atoms with van der Waals surface area (Å²) >= 11 is 0. The van der Waals surface area contributed by atoms with E-state index in [0.29, 0.717) is 0 Å². The fourth-order valence-electron chi connectivity index (χ4n) is 2.05. The SMILES string of the molecule is O=C(NCc1cccnc1)c1nc(CS(=O)(=O)c2ccccc2)no1. The molecule has 0 unspecified atom stereocenters. The van der Waals surface area contributed by atoms with Crippen molar-refractivity contribution in [1.82, 2.24) is 20.4 Å². The fraction of sp³-hybridized carbons (Fsp3) is 0.125. The molecule has 1 N–H and O–H groups in total. The van der Waals surface area contributed by atoms with Crippen LogP contribution >= 0.6 is 0 Å². The van der Waals surface area contributed by atoms with Crippen molar-refractivity contribution in [3.63, 3.8) is 0 Å². The Hall–Kier alpha value is -3.07. The molecule has 0 aliphatic carbocycles. The third kappa shape index (κ3) is 4.27. The predicted octanol–water partition coefficient (Wildman–Crippen LogP) is 1.37. The summed E-state index contributed by atoms with van der Waals surface area (Å²) in [6, 6.07) is 11.5. The third-order valence-electron chi connectivity index (χ3n) is 3.26. The molecule has 128 valence electrons. The van der Waals surface area contributed by atoms with Crippen molar-refractivity contribution in [3.05, 3.63) is 72.1 Å². The lowest BCUT2D eigenvalue weighted by Crippen LogP contribution is -2.23. The first-order valence-corrected chi connectivity index (χ1v) is 8.97. The molecule has 3 rings (SSSR count). The van der Waals surface area contributed by atoms with E-state index in [4.69, 9.17) is 4.52 Å². The molecule has 25 heavy (non-hydrogen) atoms. The molecule has 0 aliphatic heterocycles. The van der Waals surface area contributed by atoms with Gasteiger partial charge < -0.3 is 9.84 Å². The highest BCUT2D eigenvalue weighted by Crippen LogP contribution is 2.14. The minimum absolute atomic E-state index is 0.0737. The van der Waals surface area contributed by atoms with Gasteiger partial charge in [0.05, 0.1) is 4.90 Å². The molecule has 0 saturated carbocycles. The van der Waals surface area contributed by atoms with Crippen LogP contribution in [0.15, 0.2) is 64.3 Å². The number of amides is 1. The Kier molecular flexibility index (Phi) is 4.85. The fourth-order valence-corrected chi connectivity index (χ4v) is 3.24. The Morgan fingerprint density at radius 1 is 1.12 bits per heavy atom. The zero-order chi connectivity index (χ0) is 17.7. The van der Waals surface area contributed by atoms with E-state index in [1.165, 1.54) is 12.1 Å². The number of carbonyl (C=O) groups excluding carboxylic acids is 1. The van der Waals surface area contributed by atoms with Gasteiger partial charge in [0.1, 0.15) is 5.75 Å². The van der Waals surface area contributed by atoms with Crippen LogP contribution in [0.4, 0.5) is 0 Å². The smallest absolute Gasteiger partial charge is 0.315 e. The summed E-state index contributed by atoms with van der Waals surface area (Å²) in [5, 5.41) is 6.16. The average molecular weight is 358 g/mol. The van der Waals surface area contributed by atoms with Crippen molar-refractivity contribution in [3.8, 4) is 0 Å². The van der Waals surface area contributed by atoms with E-state index in [-0.39, 0.29) is 23.2 Å². The summed E-state index contributed by atoms with van der Waals surface area (Å²) < 4.78 is 29.4. The van der Waals surface area contributed by atoms with Gasteiger partial charge in [0.25, 0.3) is 0 Å². The Labute approximate surface area is 143 Å². The molecule has 1 aromatic carbocycles. The molecule has 0 fully saturated rings. The average Bonchev–Trinajstić information content (AvgIpc) is 3.09. The second kappa shape index (κ2) is 7.22. The lowest BCUT2D eigenvalue weighted by atomic mass is 10.3. The largest absolute Gasteiger partial charge is 0.344 e. The van der Waals surface area contributed by atoms with Crippen molar-refractivity contribution in [2.75, 3.05) is 0 Å². The lowest BCUT2D eigenvalue weighted by Gasteiger charge is -2.01. The molecule has 0 radical (unpaired) electrons. The van der Waals surface area contributed by atoms with Crippen LogP contribution in [0.2, 0.25) is 0 Å². The normalized spacial score (nSPS) is 11.2. The molecule has 0 bridgehead atoms. The van der Waals surface area contributed by atoms with Crippen LogP contribution in [0.1, 0.15) is 22.1 Å². The number of hydrogen-bond acceptors (Lipinski definition) is 7. The number of nitrogens with one attached hydrogen (secondary N) is 1. The maximum absolute atomic E-state index is 12.3. The van der Waals surface area contributed by atoms with Gasteiger partial charge in [-0.3, -0.25) is 9.78 Å². The van der Waals surface area contributed by atoms with E-state index in [0.717, 1.165) is 5.56 Å². The second-order valence-corrected chi connectivity index (χ2v) is 7.12. The molecule has 0 spiro atoms. The first-order chi connectivity index (χ1) is 12.0. The molecule has 1 amide bonds. The van der Waals surface area contributed by atoms with Gasteiger partial charge in [-0.1, -0.05) is 29.4 Å². The molecule has 9 heteroatoms. The molecule has 8 nitrogen and oxygen atoms in total. The topological polar surface area (TPSA) is 115 Å². The van der Waals surface area contributed by atoms with Crippen LogP contribution in [-0.2, 0) is 22.1 Å². The van der Waals surface area contributed by atoms with Crippen LogP contribution in [0.3, 0.4) is 0 Å². The van der Waals surface area contributed by atoms with Crippen molar-refractivity contribution in [1.29, 1.82) is 0 Å². The van der Waals surface area contributed by atoms with E-state index in [9.17, 15) is 13.2 Å². The number of aromatic nitrogens is 3. The van der Waals surface area contributed by atoms with E-state index in [2.05, 4.69) is 20.4 Å². The number of pyridine rings is 1. The lowest BCUT2D eigenvalue weighted by molar-refractivity contribution is 0.0907. The van der Waals surface area contributed by atoms with Crippen LogP contribution in [0, 0.1) is 0 Å². The quantitative estimate of drug-likeness (QED) is 0.707. The number of carbonyl (C=O) groups is 1. The van der Waals surface area contributed by atoms with Gasteiger partial charge >= 0.3 is 11.8 Å².